The van der Waals surface area contributed by atoms with Gasteiger partial charge in [0.25, 0.3) is 0 Å². The van der Waals surface area contributed by atoms with Crippen LogP contribution in [0.2, 0.25) is 0 Å². The first kappa shape index (κ1) is 18.6. The second kappa shape index (κ2) is 6.81. The van der Waals surface area contributed by atoms with E-state index in [2.05, 4.69) is 22.2 Å². The van der Waals surface area contributed by atoms with Gasteiger partial charge in [-0.3, -0.25) is 0 Å². The van der Waals surface area contributed by atoms with Crippen LogP contribution in [0.5, 0.6) is 5.75 Å². The van der Waals surface area contributed by atoms with Gasteiger partial charge in [-0.05, 0) is 37.5 Å². The van der Waals surface area contributed by atoms with Crippen molar-refractivity contribution in [1.29, 1.82) is 0 Å². The summed E-state index contributed by atoms with van der Waals surface area (Å²) in [6.07, 6.45) is 2.73. The number of aliphatic hydroxyl groups is 1. The lowest BCUT2D eigenvalue weighted by Gasteiger charge is -2.39. The van der Waals surface area contributed by atoms with E-state index >= 15 is 0 Å². The van der Waals surface area contributed by atoms with Crippen LogP contribution in [0.15, 0.2) is 54.9 Å². The number of nitrogens with zero attached hydrogens (tertiary/aromatic N) is 4. The number of nitrogens with two attached hydrogens (primary N) is 1. The van der Waals surface area contributed by atoms with Crippen molar-refractivity contribution in [2.45, 2.75) is 31.3 Å². The van der Waals surface area contributed by atoms with E-state index in [1.54, 1.807) is 11.6 Å². The van der Waals surface area contributed by atoms with E-state index < -0.39 is 5.60 Å². The molecule has 3 N–H and O–H groups in total. The molecule has 1 aliphatic rings. The van der Waals surface area contributed by atoms with Crippen LogP contribution in [-0.4, -0.2) is 37.4 Å². The third-order valence-corrected chi connectivity index (χ3v) is 5.78. The van der Waals surface area contributed by atoms with E-state index in [1.807, 2.05) is 43.3 Å². The molecule has 0 saturated heterocycles. The van der Waals surface area contributed by atoms with E-state index in [4.69, 9.17) is 15.5 Å². The van der Waals surface area contributed by atoms with Crippen molar-refractivity contribution >= 4 is 11.3 Å². The topological polar surface area (TPSA) is 98.6 Å². The maximum atomic E-state index is 10.2. The van der Waals surface area contributed by atoms with Gasteiger partial charge in [-0.25, -0.2) is 14.5 Å². The zero-order valence-corrected chi connectivity index (χ0v) is 16.9. The highest BCUT2D eigenvalue weighted by Crippen LogP contribution is 2.45. The smallest absolute Gasteiger partial charge is 0.153 e. The van der Waals surface area contributed by atoms with Gasteiger partial charge >= 0.3 is 0 Å². The van der Waals surface area contributed by atoms with Gasteiger partial charge in [0, 0.05) is 17.0 Å². The maximum absolute atomic E-state index is 10.2. The summed E-state index contributed by atoms with van der Waals surface area (Å²) in [5.41, 5.74) is 9.91. The van der Waals surface area contributed by atoms with Gasteiger partial charge in [-0.2, -0.15) is 5.10 Å². The molecule has 0 aliphatic heterocycles. The summed E-state index contributed by atoms with van der Waals surface area (Å²) in [4.78, 5) is 9.07. The number of hydrogen-bond acceptors (Lipinski definition) is 6. The van der Waals surface area contributed by atoms with Gasteiger partial charge in [-0.1, -0.05) is 36.4 Å². The lowest BCUT2D eigenvalue weighted by Crippen LogP contribution is -2.40. The molecule has 152 valence electrons. The van der Waals surface area contributed by atoms with E-state index in [-0.39, 0.29) is 5.92 Å². The fourth-order valence-electron chi connectivity index (χ4n) is 4.32. The predicted molar refractivity (Wildman–Crippen MR) is 115 cm³/mol. The second-order valence-corrected chi connectivity index (χ2v) is 8.11. The minimum Gasteiger partial charge on any atom is -0.496 e. The number of rotatable bonds is 4. The standard InChI is InChI=1S/C23H23N5O2/c1-23(29)11-16(12-23)22-27-19(20-21(24)25-13-26-28(20)22)15-8-9-17(18(10-15)30-2)14-6-4-3-5-7-14/h3-10,13,16,29H,11-12H2,1-2H3,(H2,24,25,26). The van der Waals surface area contributed by atoms with Crippen molar-refractivity contribution in [3.8, 4) is 28.1 Å². The van der Waals surface area contributed by atoms with Crippen molar-refractivity contribution in [3.63, 3.8) is 0 Å². The van der Waals surface area contributed by atoms with E-state index in [0.29, 0.717) is 29.9 Å². The molecule has 1 aliphatic carbocycles. The second-order valence-electron chi connectivity index (χ2n) is 8.11. The van der Waals surface area contributed by atoms with E-state index in [9.17, 15) is 5.11 Å². The zero-order valence-electron chi connectivity index (χ0n) is 16.9. The summed E-state index contributed by atoms with van der Waals surface area (Å²) in [6, 6.07) is 16.1. The van der Waals surface area contributed by atoms with Gasteiger partial charge in [0.2, 0.25) is 0 Å². The molecule has 1 saturated carbocycles. The van der Waals surface area contributed by atoms with Gasteiger partial charge in [0.05, 0.1) is 12.7 Å². The molecule has 0 unspecified atom stereocenters. The Morgan fingerprint density at radius 2 is 1.90 bits per heavy atom. The van der Waals surface area contributed by atoms with Crippen molar-refractivity contribution in [3.05, 3.63) is 60.7 Å². The zero-order chi connectivity index (χ0) is 20.9. The van der Waals surface area contributed by atoms with E-state index in [1.165, 1.54) is 6.33 Å². The lowest BCUT2D eigenvalue weighted by atomic mass is 9.72. The molecule has 0 bridgehead atoms. The Morgan fingerprint density at radius 1 is 1.13 bits per heavy atom. The number of fused-ring (bicyclic) bond motifs is 1. The van der Waals surface area contributed by atoms with Crippen LogP contribution in [-0.2, 0) is 0 Å². The number of imidazole rings is 1. The number of nitrogen functional groups attached to an aromatic ring is 1. The number of methoxy groups -OCH3 is 1. The summed E-state index contributed by atoms with van der Waals surface area (Å²) in [5.74, 6) is 2.05. The largest absolute Gasteiger partial charge is 0.496 e. The van der Waals surface area contributed by atoms with Gasteiger partial charge < -0.3 is 15.6 Å². The van der Waals surface area contributed by atoms with Crippen molar-refractivity contribution in [2.75, 3.05) is 12.8 Å². The average molecular weight is 401 g/mol. The van der Waals surface area contributed by atoms with Crippen molar-refractivity contribution in [1.82, 2.24) is 19.6 Å². The molecule has 0 radical (unpaired) electrons. The third-order valence-electron chi connectivity index (χ3n) is 5.78. The van der Waals surface area contributed by atoms with Crippen LogP contribution in [0.1, 0.15) is 31.5 Å². The summed E-state index contributed by atoms with van der Waals surface area (Å²) >= 11 is 0. The van der Waals surface area contributed by atoms with Crippen LogP contribution in [0.4, 0.5) is 5.82 Å². The van der Waals surface area contributed by atoms with Gasteiger partial charge in [0.1, 0.15) is 29.1 Å². The molecule has 1 fully saturated rings. The molecular weight excluding hydrogens is 378 g/mol. The summed E-state index contributed by atoms with van der Waals surface area (Å²) in [5, 5.41) is 14.6. The van der Waals surface area contributed by atoms with Crippen LogP contribution >= 0.6 is 0 Å². The average Bonchev–Trinajstić information content (AvgIpc) is 3.13. The van der Waals surface area contributed by atoms with Crippen LogP contribution in [0.25, 0.3) is 27.9 Å². The predicted octanol–water partition coefficient (Wildman–Crippen LogP) is 3.68. The first-order chi connectivity index (χ1) is 14.5. The van der Waals surface area contributed by atoms with Crippen molar-refractivity contribution < 1.29 is 9.84 Å². The molecule has 5 rings (SSSR count). The summed E-state index contributed by atoms with van der Waals surface area (Å²) in [7, 11) is 1.66. The minimum absolute atomic E-state index is 0.126. The molecule has 0 spiro atoms. The maximum Gasteiger partial charge on any atom is 0.153 e. The molecule has 2 aromatic heterocycles. The highest BCUT2D eigenvalue weighted by molar-refractivity contribution is 5.87. The molecule has 7 nitrogen and oxygen atoms in total. The van der Waals surface area contributed by atoms with Crippen LogP contribution in [0, 0.1) is 0 Å². The normalized spacial score (nSPS) is 20.8. The van der Waals surface area contributed by atoms with Crippen LogP contribution in [0.3, 0.4) is 0 Å². The fraction of sp³-hybridized carbons (Fsp3) is 0.261. The number of ether oxygens (including phenoxy) is 1. The molecule has 2 heterocycles. The summed E-state index contributed by atoms with van der Waals surface area (Å²) in [6.45, 7) is 1.84. The molecule has 2 aromatic carbocycles. The molecule has 4 aromatic rings. The number of benzene rings is 2. The van der Waals surface area contributed by atoms with Crippen molar-refractivity contribution in [2.24, 2.45) is 0 Å². The first-order valence-corrected chi connectivity index (χ1v) is 9.92. The highest BCUT2D eigenvalue weighted by atomic mass is 16.5. The van der Waals surface area contributed by atoms with E-state index in [0.717, 1.165) is 28.3 Å². The van der Waals surface area contributed by atoms with Gasteiger partial charge in [0.15, 0.2) is 5.82 Å². The molecule has 7 heteroatoms. The molecule has 0 amide bonds. The number of anilines is 1. The number of aromatic nitrogens is 4. The highest BCUT2D eigenvalue weighted by Gasteiger charge is 2.42. The Balaban J connectivity index is 1.65. The van der Waals surface area contributed by atoms with Crippen LogP contribution < -0.4 is 10.5 Å². The minimum atomic E-state index is -0.657. The Kier molecular flexibility index (Phi) is 4.22. The monoisotopic (exact) mass is 401 g/mol. The lowest BCUT2D eigenvalue weighted by molar-refractivity contribution is -0.0337. The quantitative estimate of drug-likeness (QED) is 0.541. The summed E-state index contributed by atoms with van der Waals surface area (Å²) < 4.78 is 7.45. The Bertz CT molecular complexity index is 1230. The Labute approximate surface area is 174 Å². The SMILES string of the molecule is COc1cc(-c2nc(C3CC(C)(O)C3)n3ncnc(N)c23)ccc1-c1ccccc1. The number of hydrogen-bond donors (Lipinski definition) is 2. The molecular formula is C23H23N5O2. The Morgan fingerprint density at radius 3 is 2.60 bits per heavy atom. The van der Waals surface area contributed by atoms with Gasteiger partial charge in [-0.15, -0.1) is 0 Å². The molecule has 0 atom stereocenters. The molecule has 30 heavy (non-hydrogen) atoms. The first-order valence-electron chi connectivity index (χ1n) is 9.92. The third kappa shape index (κ3) is 2.98. The Hall–Kier alpha value is -3.45. The fourth-order valence-corrected chi connectivity index (χ4v) is 4.32.